The van der Waals surface area contributed by atoms with E-state index in [-0.39, 0.29) is 27.3 Å². The van der Waals surface area contributed by atoms with Crippen molar-refractivity contribution in [2.75, 3.05) is 17.8 Å². The van der Waals surface area contributed by atoms with Crippen molar-refractivity contribution in [1.82, 2.24) is 4.90 Å². The number of hydrogen-bond donors (Lipinski definition) is 2. The number of nitriles is 1. The number of benzene rings is 2. The molecule has 0 aromatic heterocycles. The van der Waals surface area contributed by atoms with E-state index in [0.717, 1.165) is 24.9 Å². The average Bonchev–Trinajstić information content (AvgIpc) is 2.69. The van der Waals surface area contributed by atoms with Gasteiger partial charge in [-0.2, -0.15) is 5.26 Å². The first-order chi connectivity index (χ1) is 13.8. The first kappa shape index (κ1) is 21.1. The number of anilines is 1. The highest BCUT2D eigenvalue weighted by Crippen LogP contribution is 2.26. The molecule has 0 aliphatic carbocycles. The van der Waals surface area contributed by atoms with Crippen molar-refractivity contribution in [3.8, 4) is 6.07 Å². The third-order valence-corrected chi connectivity index (χ3v) is 6.62. The van der Waals surface area contributed by atoms with Crippen LogP contribution < -0.4 is 10.5 Å². The lowest BCUT2D eigenvalue weighted by molar-refractivity contribution is -0.123. The molecule has 2 aromatic rings. The van der Waals surface area contributed by atoms with Crippen LogP contribution in [-0.4, -0.2) is 32.3 Å². The second kappa shape index (κ2) is 8.82. The van der Waals surface area contributed by atoms with E-state index in [1.54, 1.807) is 12.1 Å². The van der Waals surface area contributed by atoms with Gasteiger partial charge in [-0.25, -0.2) is 8.42 Å². The molecular formula is C20H21ClN4O3S. The van der Waals surface area contributed by atoms with Crippen molar-refractivity contribution >= 4 is 33.2 Å². The number of nitrogens with one attached hydrogen (secondary N) is 1. The summed E-state index contributed by atoms with van der Waals surface area (Å²) in [7, 11) is -3.90. The van der Waals surface area contributed by atoms with Gasteiger partial charge in [-0.3, -0.25) is 14.4 Å². The predicted molar refractivity (Wildman–Crippen MR) is 111 cm³/mol. The Kier molecular flexibility index (Phi) is 6.42. The van der Waals surface area contributed by atoms with Crippen LogP contribution in [0.1, 0.15) is 24.0 Å². The molecule has 1 atom stereocenters. The molecule has 0 radical (unpaired) electrons. The number of hydrogen-bond acceptors (Lipinski definition) is 5. The number of nitrogens with zero attached hydrogens (tertiary/aromatic N) is 2. The Bertz CT molecular complexity index is 1070. The molecule has 1 aliphatic rings. The summed E-state index contributed by atoms with van der Waals surface area (Å²) in [5, 5.41) is 9.29. The van der Waals surface area contributed by atoms with Gasteiger partial charge < -0.3 is 5.73 Å². The van der Waals surface area contributed by atoms with Gasteiger partial charge in [0.05, 0.1) is 27.1 Å². The first-order valence-electron chi connectivity index (χ1n) is 9.12. The summed E-state index contributed by atoms with van der Waals surface area (Å²) in [4.78, 5) is 13.6. The number of carbonyl (C=O) groups is 1. The van der Waals surface area contributed by atoms with E-state index in [4.69, 9.17) is 22.6 Å². The summed E-state index contributed by atoms with van der Waals surface area (Å²) in [6.45, 7) is 1.86. The molecule has 1 saturated heterocycles. The molecule has 3 N–H and O–H groups in total. The van der Waals surface area contributed by atoms with Crippen LogP contribution in [0.25, 0.3) is 0 Å². The molecule has 2 aromatic carbocycles. The Balaban J connectivity index is 1.82. The zero-order valence-corrected chi connectivity index (χ0v) is 17.2. The van der Waals surface area contributed by atoms with E-state index >= 15 is 0 Å². The molecule has 7 nitrogen and oxygen atoms in total. The maximum atomic E-state index is 12.8. The highest BCUT2D eigenvalue weighted by atomic mass is 35.5. The fourth-order valence-corrected chi connectivity index (χ4v) is 4.68. The number of likely N-dealkylation sites (tertiary alicyclic amines) is 1. The minimum atomic E-state index is -3.90. The fourth-order valence-electron chi connectivity index (χ4n) is 3.39. The van der Waals surface area contributed by atoms with Crippen LogP contribution in [0.5, 0.6) is 0 Å². The Morgan fingerprint density at radius 2 is 2.07 bits per heavy atom. The SMILES string of the molecule is N#Cc1cc(S(=O)(=O)Nc2ccccc2CN2CCC[C@@H](C(N)=O)C2)ccc1Cl. The minimum absolute atomic E-state index is 0.0416. The Morgan fingerprint density at radius 3 is 2.79 bits per heavy atom. The third-order valence-electron chi connectivity index (χ3n) is 4.93. The standard InChI is InChI=1S/C20H21ClN4O3S/c21-18-8-7-17(10-16(18)11-22)29(27,28)24-19-6-2-1-4-14(19)12-25-9-3-5-15(13-25)20(23)26/h1-2,4,6-8,10,15,24H,3,5,9,12-13H2,(H2,23,26)/t15-/m1/s1. The van der Waals surface area contributed by atoms with Crippen LogP contribution in [0.2, 0.25) is 5.02 Å². The van der Waals surface area contributed by atoms with Crippen LogP contribution in [0, 0.1) is 17.2 Å². The van der Waals surface area contributed by atoms with Crippen molar-refractivity contribution in [2.45, 2.75) is 24.3 Å². The average molecular weight is 433 g/mol. The predicted octanol–water partition coefficient (Wildman–Crippen LogP) is 2.71. The van der Waals surface area contributed by atoms with E-state index in [2.05, 4.69) is 9.62 Å². The molecule has 1 fully saturated rings. The van der Waals surface area contributed by atoms with Crippen molar-refractivity contribution in [3.05, 3.63) is 58.6 Å². The molecule has 0 bridgehead atoms. The molecule has 9 heteroatoms. The highest BCUT2D eigenvalue weighted by molar-refractivity contribution is 7.92. The maximum Gasteiger partial charge on any atom is 0.261 e. The maximum absolute atomic E-state index is 12.8. The minimum Gasteiger partial charge on any atom is -0.369 e. The lowest BCUT2D eigenvalue weighted by Crippen LogP contribution is -2.40. The molecule has 1 heterocycles. The normalized spacial score (nSPS) is 17.4. The molecule has 3 rings (SSSR count). The van der Waals surface area contributed by atoms with E-state index in [0.29, 0.717) is 18.8 Å². The van der Waals surface area contributed by atoms with Gasteiger partial charge in [0, 0.05) is 13.1 Å². The lowest BCUT2D eigenvalue weighted by atomic mass is 9.97. The summed E-state index contributed by atoms with van der Waals surface area (Å²) < 4.78 is 28.3. The van der Waals surface area contributed by atoms with Crippen LogP contribution >= 0.6 is 11.6 Å². The largest absolute Gasteiger partial charge is 0.369 e. The van der Waals surface area contributed by atoms with E-state index in [1.165, 1.54) is 18.2 Å². The summed E-state index contributed by atoms with van der Waals surface area (Å²) in [6.07, 6.45) is 1.64. The van der Waals surface area contributed by atoms with Crippen molar-refractivity contribution in [2.24, 2.45) is 11.7 Å². The van der Waals surface area contributed by atoms with Gasteiger partial charge in [0.1, 0.15) is 6.07 Å². The molecule has 1 aliphatic heterocycles. The number of nitrogens with two attached hydrogens (primary N) is 1. The number of amides is 1. The zero-order valence-electron chi connectivity index (χ0n) is 15.6. The van der Waals surface area contributed by atoms with Crippen molar-refractivity contribution < 1.29 is 13.2 Å². The fraction of sp³-hybridized carbons (Fsp3) is 0.300. The second-order valence-electron chi connectivity index (χ2n) is 6.99. The number of piperidine rings is 1. The number of primary amides is 1. The number of para-hydroxylation sites is 1. The van der Waals surface area contributed by atoms with Gasteiger partial charge in [-0.15, -0.1) is 0 Å². The third kappa shape index (κ3) is 5.07. The Hall–Kier alpha value is -2.60. The van der Waals surface area contributed by atoms with E-state index < -0.39 is 10.0 Å². The van der Waals surface area contributed by atoms with Crippen molar-refractivity contribution in [1.29, 1.82) is 5.26 Å². The molecule has 0 unspecified atom stereocenters. The number of sulfonamides is 1. The van der Waals surface area contributed by atoms with Gasteiger partial charge in [-0.1, -0.05) is 29.8 Å². The van der Waals surface area contributed by atoms with Crippen LogP contribution in [-0.2, 0) is 21.4 Å². The highest BCUT2D eigenvalue weighted by Gasteiger charge is 2.25. The number of rotatable bonds is 6. The first-order valence-corrected chi connectivity index (χ1v) is 11.0. The molecule has 152 valence electrons. The number of halogens is 1. The van der Waals surface area contributed by atoms with Crippen LogP contribution in [0.3, 0.4) is 0 Å². The lowest BCUT2D eigenvalue weighted by Gasteiger charge is -2.31. The summed E-state index contributed by atoms with van der Waals surface area (Å²) in [6, 6.07) is 13.0. The summed E-state index contributed by atoms with van der Waals surface area (Å²) >= 11 is 5.90. The molecular weight excluding hydrogens is 412 g/mol. The van der Waals surface area contributed by atoms with E-state index in [1.807, 2.05) is 18.2 Å². The Labute approximate surface area is 175 Å². The van der Waals surface area contributed by atoms with Gasteiger partial charge in [-0.05, 0) is 49.2 Å². The van der Waals surface area contributed by atoms with Crippen LogP contribution in [0.15, 0.2) is 47.4 Å². The monoisotopic (exact) mass is 432 g/mol. The Morgan fingerprint density at radius 1 is 1.31 bits per heavy atom. The molecule has 0 saturated carbocycles. The van der Waals surface area contributed by atoms with Gasteiger partial charge >= 0.3 is 0 Å². The van der Waals surface area contributed by atoms with Gasteiger partial charge in [0.25, 0.3) is 10.0 Å². The topological polar surface area (TPSA) is 116 Å². The molecule has 29 heavy (non-hydrogen) atoms. The summed E-state index contributed by atoms with van der Waals surface area (Å²) in [5.74, 6) is -0.495. The van der Waals surface area contributed by atoms with Gasteiger partial charge in [0.15, 0.2) is 0 Å². The molecule has 0 spiro atoms. The second-order valence-corrected chi connectivity index (χ2v) is 9.08. The number of carbonyl (C=O) groups excluding carboxylic acids is 1. The van der Waals surface area contributed by atoms with Crippen molar-refractivity contribution in [3.63, 3.8) is 0 Å². The quantitative estimate of drug-likeness (QED) is 0.727. The smallest absolute Gasteiger partial charge is 0.261 e. The molecule has 1 amide bonds. The van der Waals surface area contributed by atoms with Crippen LogP contribution in [0.4, 0.5) is 5.69 Å². The summed E-state index contributed by atoms with van der Waals surface area (Å²) in [5.41, 5.74) is 6.77. The van der Waals surface area contributed by atoms with E-state index in [9.17, 15) is 13.2 Å². The van der Waals surface area contributed by atoms with Gasteiger partial charge in [0.2, 0.25) is 5.91 Å². The zero-order chi connectivity index (χ0) is 21.0.